The number of aryl methyl sites for hydroxylation is 2. The van der Waals surface area contributed by atoms with E-state index in [2.05, 4.69) is 5.32 Å². The van der Waals surface area contributed by atoms with Crippen LogP contribution in [0.25, 0.3) is 0 Å². The van der Waals surface area contributed by atoms with Crippen molar-refractivity contribution in [1.82, 2.24) is 10.2 Å². The van der Waals surface area contributed by atoms with E-state index in [0.29, 0.717) is 11.4 Å². The van der Waals surface area contributed by atoms with Gasteiger partial charge in [-0.3, -0.25) is 13.9 Å². The minimum absolute atomic E-state index is 0.0868. The molecule has 0 spiro atoms. The van der Waals surface area contributed by atoms with Crippen LogP contribution < -0.4 is 14.4 Å². The van der Waals surface area contributed by atoms with Crippen molar-refractivity contribution in [2.75, 3.05) is 24.2 Å². The van der Waals surface area contributed by atoms with Gasteiger partial charge in [-0.25, -0.2) is 8.42 Å². The molecule has 3 rings (SSSR count). The van der Waals surface area contributed by atoms with Gasteiger partial charge >= 0.3 is 0 Å². The first-order valence-electron chi connectivity index (χ1n) is 13.2. The Hall–Kier alpha value is -3.85. The first kappa shape index (κ1) is 30.7. The first-order chi connectivity index (χ1) is 18.9. The molecule has 1 atom stereocenters. The molecule has 0 aliphatic heterocycles. The second-order valence-corrected chi connectivity index (χ2v) is 12.2. The fourth-order valence-electron chi connectivity index (χ4n) is 4.49. The fourth-order valence-corrected chi connectivity index (χ4v) is 5.38. The predicted octanol–water partition coefficient (Wildman–Crippen LogP) is 4.24. The summed E-state index contributed by atoms with van der Waals surface area (Å²) in [5.74, 6) is -0.189. The van der Waals surface area contributed by atoms with Gasteiger partial charge in [-0.05, 0) is 68.1 Å². The Kier molecular flexibility index (Phi) is 10.3. The smallest absolute Gasteiger partial charge is 0.244 e. The van der Waals surface area contributed by atoms with Crippen molar-refractivity contribution in [2.24, 2.45) is 0 Å². The van der Waals surface area contributed by atoms with E-state index >= 15 is 0 Å². The monoisotopic (exact) mass is 565 g/mol. The van der Waals surface area contributed by atoms with Gasteiger partial charge in [0.1, 0.15) is 18.3 Å². The zero-order chi connectivity index (χ0) is 29.4. The molecule has 2 amide bonds. The molecular weight excluding hydrogens is 526 g/mol. The number of hydrogen-bond acceptors (Lipinski definition) is 5. The maximum absolute atomic E-state index is 14.2. The van der Waals surface area contributed by atoms with Crippen LogP contribution in [-0.2, 0) is 32.6 Å². The van der Waals surface area contributed by atoms with Gasteiger partial charge in [0.15, 0.2) is 0 Å². The highest BCUT2D eigenvalue weighted by molar-refractivity contribution is 7.92. The van der Waals surface area contributed by atoms with E-state index < -0.39 is 28.5 Å². The van der Waals surface area contributed by atoms with E-state index in [1.54, 1.807) is 32.2 Å². The summed E-state index contributed by atoms with van der Waals surface area (Å²) in [4.78, 5) is 29.2. The first-order valence-corrected chi connectivity index (χ1v) is 15.1. The molecule has 0 bridgehead atoms. The zero-order valence-electron chi connectivity index (χ0n) is 24.0. The number of methoxy groups -OCH3 is 1. The lowest BCUT2D eigenvalue weighted by Crippen LogP contribution is -2.54. The Morgan fingerprint density at radius 1 is 0.925 bits per heavy atom. The van der Waals surface area contributed by atoms with E-state index in [1.165, 1.54) is 4.90 Å². The van der Waals surface area contributed by atoms with Gasteiger partial charge in [0.05, 0.1) is 19.1 Å². The molecule has 8 nitrogen and oxygen atoms in total. The van der Waals surface area contributed by atoms with Crippen LogP contribution in [-0.4, -0.2) is 57.1 Å². The molecule has 0 saturated heterocycles. The molecule has 3 aromatic rings. The molecule has 0 fully saturated rings. The lowest BCUT2D eigenvalue weighted by atomic mass is 10.0. The molecule has 0 aromatic heterocycles. The summed E-state index contributed by atoms with van der Waals surface area (Å²) in [5.41, 5.74) is 3.66. The molecule has 0 radical (unpaired) electrons. The summed E-state index contributed by atoms with van der Waals surface area (Å²) in [6.45, 7) is 7.03. The number of benzene rings is 3. The Bertz CT molecular complexity index is 1420. The number of ether oxygens (including phenoxy) is 1. The summed E-state index contributed by atoms with van der Waals surface area (Å²) < 4.78 is 32.5. The summed E-state index contributed by atoms with van der Waals surface area (Å²) in [6, 6.07) is 21.2. The molecule has 0 heterocycles. The molecular formula is C31H39N3O5S. The fraction of sp³-hybridized carbons (Fsp3) is 0.355. The molecule has 0 aliphatic rings. The van der Waals surface area contributed by atoms with Crippen LogP contribution >= 0.6 is 0 Å². The van der Waals surface area contributed by atoms with Crippen LogP contribution in [0.5, 0.6) is 5.75 Å². The summed E-state index contributed by atoms with van der Waals surface area (Å²) in [5, 5.41) is 2.95. The highest BCUT2D eigenvalue weighted by atomic mass is 32.2. The third kappa shape index (κ3) is 8.32. The zero-order valence-corrected chi connectivity index (χ0v) is 24.9. The number of carbonyl (C=O) groups is 2. The number of anilines is 1. The van der Waals surface area contributed by atoms with Gasteiger partial charge in [0, 0.05) is 19.0 Å². The number of hydrogen-bond donors (Lipinski definition) is 1. The predicted molar refractivity (Wildman–Crippen MR) is 159 cm³/mol. The minimum Gasteiger partial charge on any atom is -0.497 e. The maximum Gasteiger partial charge on any atom is 0.244 e. The number of nitrogens with zero attached hydrogens (tertiary/aromatic N) is 2. The number of amides is 2. The van der Waals surface area contributed by atoms with Crippen molar-refractivity contribution in [2.45, 2.75) is 52.7 Å². The van der Waals surface area contributed by atoms with Crippen LogP contribution in [0.15, 0.2) is 72.8 Å². The van der Waals surface area contributed by atoms with Crippen LogP contribution in [0.1, 0.15) is 36.1 Å². The SMILES string of the molecule is COc1cccc(CN(C(=O)CN(c2cc(C)ccc2C)S(C)(=O)=O)C(Cc2ccccc2)C(=O)NC(C)C)c1. The largest absolute Gasteiger partial charge is 0.497 e. The van der Waals surface area contributed by atoms with E-state index in [-0.39, 0.29) is 24.9 Å². The van der Waals surface area contributed by atoms with Gasteiger partial charge in [-0.2, -0.15) is 0 Å². The third-order valence-electron chi connectivity index (χ3n) is 6.50. The number of rotatable bonds is 12. The Morgan fingerprint density at radius 3 is 2.23 bits per heavy atom. The second kappa shape index (κ2) is 13.5. The normalized spacial score (nSPS) is 12.1. The summed E-state index contributed by atoms with van der Waals surface area (Å²) >= 11 is 0. The lowest BCUT2D eigenvalue weighted by molar-refractivity contribution is -0.140. The van der Waals surface area contributed by atoms with Gasteiger partial charge in [-0.15, -0.1) is 0 Å². The van der Waals surface area contributed by atoms with Crippen molar-refractivity contribution in [3.8, 4) is 5.75 Å². The van der Waals surface area contributed by atoms with Gasteiger partial charge < -0.3 is 15.0 Å². The highest BCUT2D eigenvalue weighted by Gasteiger charge is 2.33. The third-order valence-corrected chi connectivity index (χ3v) is 7.63. The van der Waals surface area contributed by atoms with Crippen LogP contribution in [0.4, 0.5) is 5.69 Å². The van der Waals surface area contributed by atoms with E-state index in [1.807, 2.05) is 75.4 Å². The molecule has 3 aromatic carbocycles. The Balaban J connectivity index is 2.09. The molecule has 1 N–H and O–H groups in total. The van der Waals surface area contributed by atoms with Gasteiger partial charge in [0.2, 0.25) is 21.8 Å². The average Bonchev–Trinajstić information content (AvgIpc) is 2.90. The van der Waals surface area contributed by atoms with Crippen molar-refractivity contribution in [3.05, 3.63) is 95.1 Å². The number of nitrogens with one attached hydrogen (secondary N) is 1. The Labute approximate surface area is 238 Å². The van der Waals surface area contributed by atoms with Crippen molar-refractivity contribution >= 4 is 27.5 Å². The van der Waals surface area contributed by atoms with Crippen LogP contribution in [0.3, 0.4) is 0 Å². The Morgan fingerprint density at radius 2 is 1.60 bits per heavy atom. The van der Waals surface area contributed by atoms with Crippen molar-refractivity contribution in [1.29, 1.82) is 0 Å². The standard InChI is InChI=1S/C31H39N3O5S/c1-22(2)32-31(36)29(19-25-11-8-7-9-12-25)33(20-26-13-10-14-27(18-26)39-5)30(35)21-34(40(6,37)38)28-17-23(3)15-16-24(28)4/h7-18,22,29H,19-21H2,1-6H3,(H,32,36). The second-order valence-electron chi connectivity index (χ2n) is 10.3. The number of carbonyl (C=O) groups excluding carboxylic acids is 2. The molecule has 214 valence electrons. The molecule has 0 saturated carbocycles. The quantitative estimate of drug-likeness (QED) is 0.354. The highest BCUT2D eigenvalue weighted by Crippen LogP contribution is 2.25. The van der Waals surface area contributed by atoms with E-state index in [4.69, 9.17) is 4.74 Å². The van der Waals surface area contributed by atoms with Crippen LogP contribution in [0, 0.1) is 13.8 Å². The van der Waals surface area contributed by atoms with Gasteiger partial charge in [0.25, 0.3) is 0 Å². The molecule has 9 heteroatoms. The molecule has 1 unspecified atom stereocenters. The molecule has 40 heavy (non-hydrogen) atoms. The molecule has 0 aliphatic carbocycles. The van der Waals surface area contributed by atoms with Crippen molar-refractivity contribution < 1.29 is 22.7 Å². The lowest BCUT2D eigenvalue weighted by Gasteiger charge is -2.34. The van der Waals surface area contributed by atoms with Crippen LogP contribution in [0.2, 0.25) is 0 Å². The van der Waals surface area contributed by atoms with Crippen molar-refractivity contribution in [3.63, 3.8) is 0 Å². The maximum atomic E-state index is 14.2. The van der Waals surface area contributed by atoms with Gasteiger partial charge in [-0.1, -0.05) is 54.6 Å². The summed E-state index contributed by atoms with van der Waals surface area (Å²) in [6.07, 6.45) is 1.35. The minimum atomic E-state index is -3.83. The summed E-state index contributed by atoms with van der Waals surface area (Å²) in [7, 11) is -2.27. The van der Waals surface area contributed by atoms with E-state index in [0.717, 1.165) is 32.8 Å². The average molecular weight is 566 g/mol. The van der Waals surface area contributed by atoms with E-state index in [9.17, 15) is 18.0 Å². The number of sulfonamides is 1. The topological polar surface area (TPSA) is 96.0 Å².